The maximum Gasteiger partial charge on any atom is 0.362 e. The zero-order valence-corrected chi connectivity index (χ0v) is 15.5. The molecule has 1 aliphatic rings. The van der Waals surface area contributed by atoms with Crippen LogP contribution < -0.4 is 4.48 Å². The average Bonchev–Trinajstić information content (AvgIpc) is 3.18. The monoisotopic (exact) mass is 370 g/mol. The van der Waals surface area contributed by atoms with E-state index in [0.29, 0.717) is 12.3 Å². The van der Waals surface area contributed by atoms with Crippen molar-refractivity contribution < 1.29 is 9.53 Å². The molecular weight excluding hydrogens is 350 g/mol. The SMILES string of the molecule is CCOC(=O)C1=C[N+](c2ccccc2)(c2ccncc2)C(c2ccccc2)=N1. The molecule has 0 saturated carbocycles. The summed E-state index contributed by atoms with van der Waals surface area (Å²) >= 11 is 0. The maximum absolute atomic E-state index is 12.6. The van der Waals surface area contributed by atoms with E-state index in [2.05, 4.69) is 4.98 Å². The molecule has 0 saturated heterocycles. The van der Waals surface area contributed by atoms with Gasteiger partial charge < -0.3 is 4.74 Å². The second-order valence-corrected chi connectivity index (χ2v) is 6.30. The molecule has 1 atom stereocenters. The number of quaternary nitrogens is 1. The predicted octanol–water partition coefficient (Wildman–Crippen LogP) is 4.59. The summed E-state index contributed by atoms with van der Waals surface area (Å²) in [6.45, 7) is 2.09. The van der Waals surface area contributed by atoms with Crippen molar-refractivity contribution in [2.75, 3.05) is 6.61 Å². The summed E-state index contributed by atoms with van der Waals surface area (Å²) < 4.78 is 5.42. The number of nitrogens with zero attached hydrogens (tertiary/aromatic N) is 3. The number of aromatic nitrogens is 1. The van der Waals surface area contributed by atoms with Crippen LogP contribution in [0.2, 0.25) is 0 Å². The van der Waals surface area contributed by atoms with Gasteiger partial charge in [0.25, 0.3) is 5.84 Å². The highest BCUT2D eigenvalue weighted by Crippen LogP contribution is 2.41. The quantitative estimate of drug-likeness (QED) is 0.488. The Bertz CT molecular complexity index is 990. The van der Waals surface area contributed by atoms with E-state index in [4.69, 9.17) is 9.73 Å². The van der Waals surface area contributed by atoms with Crippen LogP contribution in [0.1, 0.15) is 12.5 Å². The van der Waals surface area contributed by atoms with E-state index in [0.717, 1.165) is 22.8 Å². The standard InChI is InChI=1S/C23H20N3O2/c1-2-28-23(27)21-17-26(19-11-7-4-8-12-19,20-13-15-24-16-14-20)22(25-21)18-9-5-3-6-10-18/h3-17H,2H2,1H3/q+1. The van der Waals surface area contributed by atoms with Gasteiger partial charge in [0.2, 0.25) is 5.70 Å². The number of rotatable bonds is 5. The number of amidine groups is 1. The number of esters is 1. The van der Waals surface area contributed by atoms with Gasteiger partial charge in [0.1, 0.15) is 11.9 Å². The maximum atomic E-state index is 12.6. The van der Waals surface area contributed by atoms with E-state index in [1.54, 1.807) is 19.3 Å². The van der Waals surface area contributed by atoms with Gasteiger partial charge in [0, 0.05) is 36.7 Å². The number of hydrogen-bond acceptors (Lipinski definition) is 4. The van der Waals surface area contributed by atoms with E-state index >= 15 is 0 Å². The minimum atomic E-state index is -0.430. The molecule has 0 N–H and O–H groups in total. The molecule has 28 heavy (non-hydrogen) atoms. The Morgan fingerprint density at radius 3 is 2.14 bits per heavy atom. The zero-order chi connectivity index (χ0) is 19.4. The molecule has 138 valence electrons. The summed E-state index contributed by atoms with van der Waals surface area (Å²) in [5.41, 5.74) is 3.12. The molecule has 0 fully saturated rings. The number of para-hydroxylation sites is 1. The van der Waals surface area contributed by atoms with Crippen LogP contribution >= 0.6 is 0 Å². The average molecular weight is 370 g/mol. The van der Waals surface area contributed by atoms with Crippen molar-refractivity contribution >= 4 is 23.2 Å². The summed E-state index contributed by atoms with van der Waals surface area (Å²) in [4.78, 5) is 21.5. The van der Waals surface area contributed by atoms with Gasteiger partial charge in [-0.05, 0) is 19.1 Å². The van der Waals surface area contributed by atoms with Crippen molar-refractivity contribution in [1.29, 1.82) is 0 Å². The number of pyridine rings is 1. The van der Waals surface area contributed by atoms with E-state index in [1.807, 2.05) is 79.0 Å². The first kappa shape index (κ1) is 17.8. The molecule has 1 aliphatic heterocycles. The van der Waals surface area contributed by atoms with Crippen LogP contribution in [0.25, 0.3) is 0 Å². The van der Waals surface area contributed by atoms with E-state index in [1.165, 1.54) is 0 Å². The van der Waals surface area contributed by atoms with Crippen molar-refractivity contribution in [3.8, 4) is 0 Å². The van der Waals surface area contributed by atoms with Crippen molar-refractivity contribution in [1.82, 2.24) is 9.47 Å². The molecule has 4 rings (SSSR count). The molecule has 0 bridgehead atoms. The van der Waals surface area contributed by atoms with Crippen molar-refractivity contribution in [2.24, 2.45) is 4.99 Å². The zero-order valence-electron chi connectivity index (χ0n) is 15.5. The Kier molecular flexibility index (Phi) is 4.83. The van der Waals surface area contributed by atoms with Gasteiger partial charge in [-0.15, -0.1) is 0 Å². The molecule has 2 aromatic carbocycles. The fraction of sp³-hybridized carbons (Fsp3) is 0.0870. The van der Waals surface area contributed by atoms with Gasteiger partial charge in [-0.25, -0.2) is 4.79 Å². The number of benzene rings is 2. The summed E-state index contributed by atoms with van der Waals surface area (Å²) in [6, 6.07) is 23.8. The Hall–Kier alpha value is -3.57. The summed E-state index contributed by atoms with van der Waals surface area (Å²) in [6.07, 6.45) is 5.35. The van der Waals surface area contributed by atoms with Crippen molar-refractivity contribution in [3.05, 3.63) is 103 Å². The van der Waals surface area contributed by atoms with Crippen molar-refractivity contribution in [3.63, 3.8) is 0 Å². The largest absolute Gasteiger partial charge is 0.461 e. The van der Waals surface area contributed by atoms with Crippen LogP contribution in [0.15, 0.2) is 102 Å². The molecule has 5 heteroatoms. The predicted molar refractivity (Wildman–Crippen MR) is 110 cm³/mol. The molecule has 0 aliphatic carbocycles. The molecule has 3 aromatic rings. The van der Waals surface area contributed by atoms with Crippen LogP contribution in [-0.4, -0.2) is 23.4 Å². The van der Waals surface area contributed by atoms with Gasteiger partial charge >= 0.3 is 5.97 Å². The minimum Gasteiger partial charge on any atom is -0.461 e. The molecule has 0 radical (unpaired) electrons. The summed E-state index contributed by atoms with van der Waals surface area (Å²) in [5.74, 6) is 0.307. The highest BCUT2D eigenvalue weighted by molar-refractivity contribution is 6.15. The second kappa shape index (κ2) is 7.58. The topological polar surface area (TPSA) is 51.5 Å². The smallest absolute Gasteiger partial charge is 0.362 e. The third-order valence-electron chi connectivity index (χ3n) is 4.63. The Morgan fingerprint density at radius 2 is 1.50 bits per heavy atom. The van der Waals surface area contributed by atoms with Crippen LogP contribution in [-0.2, 0) is 9.53 Å². The normalized spacial score (nSPS) is 18.3. The molecule has 1 aromatic heterocycles. The number of ether oxygens (including phenoxy) is 1. The Balaban J connectivity index is 2.01. The molecule has 2 heterocycles. The van der Waals surface area contributed by atoms with E-state index < -0.39 is 5.97 Å². The summed E-state index contributed by atoms with van der Waals surface area (Å²) in [7, 11) is 0. The molecule has 1 unspecified atom stereocenters. The van der Waals surface area contributed by atoms with E-state index in [-0.39, 0.29) is 4.48 Å². The van der Waals surface area contributed by atoms with E-state index in [9.17, 15) is 4.79 Å². The third kappa shape index (κ3) is 3.02. The Labute approximate surface area is 163 Å². The van der Waals surface area contributed by atoms with Crippen molar-refractivity contribution in [2.45, 2.75) is 6.92 Å². The van der Waals surface area contributed by atoms with Gasteiger partial charge in [0.15, 0.2) is 5.69 Å². The highest BCUT2D eigenvalue weighted by Gasteiger charge is 2.45. The lowest BCUT2D eigenvalue weighted by atomic mass is 10.1. The fourth-order valence-electron chi connectivity index (χ4n) is 3.41. The van der Waals surface area contributed by atoms with Gasteiger partial charge in [-0.3, -0.25) is 4.98 Å². The molecular formula is C23H20N3O2+. The molecule has 5 nitrogen and oxygen atoms in total. The van der Waals surface area contributed by atoms with Gasteiger partial charge in [-0.1, -0.05) is 36.4 Å². The number of hydrogen-bond donors (Lipinski definition) is 0. The first-order chi connectivity index (χ1) is 13.8. The molecule has 0 spiro atoms. The van der Waals surface area contributed by atoms with Gasteiger partial charge in [0.05, 0.1) is 12.2 Å². The minimum absolute atomic E-state index is 0.182. The Morgan fingerprint density at radius 1 is 0.893 bits per heavy atom. The fourth-order valence-corrected chi connectivity index (χ4v) is 3.41. The lowest BCUT2D eigenvalue weighted by Gasteiger charge is -2.31. The first-order valence-corrected chi connectivity index (χ1v) is 9.15. The number of carbonyl (C=O) groups excluding carboxylic acids is 1. The highest BCUT2D eigenvalue weighted by atomic mass is 16.5. The van der Waals surface area contributed by atoms with Crippen LogP contribution in [0.4, 0.5) is 11.4 Å². The summed E-state index contributed by atoms with van der Waals surface area (Å²) in [5, 5.41) is 0. The van der Waals surface area contributed by atoms with Gasteiger partial charge in [-0.2, -0.15) is 9.48 Å². The number of carbonyl (C=O) groups is 1. The lowest BCUT2D eigenvalue weighted by Crippen LogP contribution is -2.43. The lowest BCUT2D eigenvalue weighted by molar-refractivity contribution is -0.138. The number of aliphatic imine (C=N–C) groups is 1. The van der Waals surface area contributed by atoms with Crippen LogP contribution in [0.5, 0.6) is 0 Å². The molecule has 0 amide bonds. The second-order valence-electron chi connectivity index (χ2n) is 6.30. The van der Waals surface area contributed by atoms with Crippen LogP contribution in [0.3, 0.4) is 0 Å². The van der Waals surface area contributed by atoms with Crippen LogP contribution in [0, 0.1) is 0 Å². The first-order valence-electron chi connectivity index (χ1n) is 9.15. The third-order valence-corrected chi connectivity index (χ3v) is 4.63.